The topological polar surface area (TPSA) is 63.4 Å². The minimum atomic E-state index is -0.497. The lowest BCUT2D eigenvalue weighted by molar-refractivity contribution is -0.386. The number of nitrogens with zero attached hydrogens (tertiary/aromatic N) is 1. The van der Waals surface area contributed by atoms with Crippen LogP contribution in [0.5, 0.6) is 0 Å². The molecule has 0 aliphatic carbocycles. The van der Waals surface area contributed by atoms with E-state index in [0.717, 1.165) is 0 Å². The lowest BCUT2D eigenvalue weighted by Crippen LogP contribution is -1.98. The first-order valence-corrected chi connectivity index (χ1v) is 4.40. The van der Waals surface area contributed by atoms with Crippen molar-refractivity contribution in [2.24, 2.45) is 0 Å². The summed E-state index contributed by atoms with van der Waals surface area (Å²) in [5.74, 6) is 0. The summed E-state index contributed by atoms with van der Waals surface area (Å²) in [6, 6.07) is 3.12. The van der Waals surface area contributed by atoms with Crippen molar-refractivity contribution in [2.75, 3.05) is 0 Å². The third-order valence-electron chi connectivity index (χ3n) is 1.77. The standard InChI is InChI=1S/C8H8BrNO3/c1-5-2-6(9)3-8(10(12)13)7(5)4-11/h2-3,11H,4H2,1H3. The molecule has 0 heterocycles. The molecule has 0 aliphatic rings. The van der Waals surface area contributed by atoms with Crippen LogP contribution in [0.3, 0.4) is 0 Å². The van der Waals surface area contributed by atoms with E-state index in [-0.39, 0.29) is 12.3 Å². The fraction of sp³-hybridized carbons (Fsp3) is 0.250. The van der Waals surface area contributed by atoms with E-state index < -0.39 is 4.92 Å². The Bertz CT molecular complexity index is 351. The number of hydrogen-bond acceptors (Lipinski definition) is 3. The average Bonchev–Trinajstić information content (AvgIpc) is 2.02. The van der Waals surface area contributed by atoms with Gasteiger partial charge in [0, 0.05) is 10.5 Å². The first kappa shape index (κ1) is 10.1. The molecule has 0 bridgehead atoms. The van der Waals surface area contributed by atoms with Crippen LogP contribution < -0.4 is 0 Å². The quantitative estimate of drug-likeness (QED) is 0.642. The molecule has 70 valence electrons. The van der Waals surface area contributed by atoms with Gasteiger partial charge in [-0.05, 0) is 18.6 Å². The normalized spacial score (nSPS) is 10.1. The highest BCUT2D eigenvalue weighted by Crippen LogP contribution is 2.26. The van der Waals surface area contributed by atoms with Crippen LogP contribution in [0.4, 0.5) is 5.69 Å². The van der Waals surface area contributed by atoms with Crippen LogP contribution >= 0.6 is 15.9 Å². The van der Waals surface area contributed by atoms with E-state index in [4.69, 9.17) is 5.11 Å². The number of benzene rings is 1. The highest BCUT2D eigenvalue weighted by Gasteiger charge is 2.15. The summed E-state index contributed by atoms with van der Waals surface area (Å²) in [5, 5.41) is 19.5. The average molecular weight is 246 g/mol. The van der Waals surface area contributed by atoms with Gasteiger partial charge in [-0.15, -0.1) is 0 Å². The number of aryl methyl sites for hydroxylation is 1. The monoisotopic (exact) mass is 245 g/mol. The number of nitro benzene ring substituents is 1. The van der Waals surface area contributed by atoms with Gasteiger partial charge in [0.2, 0.25) is 0 Å². The molecule has 0 spiro atoms. The van der Waals surface area contributed by atoms with Gasteiger partial charge in [0.1, 0.15) is 0 Å². The lowest BCUT2D eigenvalue weighted by Gasteiger charge is -2.03. The molecule has 0 saturated carbocycles. The first-order valence-electron chi connectivity index (χ1n) is 3.60. The summed E-state index contributed by atoms with van der Waals surface area (Å²) >= 11 is 3.16. The molecule has 13 heavy (non-hydrogen) atoms. The summed E-state index contributed by atoms with van der Waals surface area (Å²) in [6.45, 7) is 1.42. The van der Waals surface area contributed by atoms with Crippen LogP contribution in [0.2, 0.25) is 0 Å². The van der Waals surface area contributed by atoms with Crippen molar-refractivity contribution in [3.63, 3.8) is 0 Å². The zero-order valence-corrected chi connectivity index (χ0v) is 8.54. The molecule has 5 heteroatoms. The SMILES string of the molecule is Cc1cc(Br)cc([N+](=O)[O-])c1CO. The number of nitro groups is 1. The molecule has 1 rings (SSSR count). The van der Waals surface area contributed by atoms with Crippen LogP contribution in [-0.4, -0.2) is 10.0 Å². The molecule has 1 aromatic carbocycles. The fourth-order valence-electron chi connectivity index (χ4n) is 1.12. The zero-order valence-electron chi connectivity index (χ0n) is 6.95. The highest BCUT2D eigenvalue weighted by atomic mass is 79.9. The Hall–Kier alpha value is -0.940. The Labute approximate surface area is 83.5 Å². The Morgan fingerprint density at radius 2 is 2.23 bits per heavy atom. The maximum atomic E-state index is 10.6. The van der Waals surface area contributed by atoms with Gasteiger partial charge in [-0.1, -0.05) is 15.9 Å². The molecule has 0 fully saturated rings. The van der Waals surface area contributed by atoms with E-state index in [1.165, 1.54) is 6.07 Å². The van der Waals surface area contributed by atoms with Crippen molar-refractivity contribution in [1.82, 2.24) is 0 Å². The molecule has 0 unspecified atom stereocenters. The zero-order chi connectivity index (χ0) is 10.0. The molecule has 1 N–H and O–H groups in total. The van der Waals surface area contributed by atoms with Crippen LogP contribution in [0, 0.1) is 17.0 Å². The van der Waals surface area contributed by atoms with E-state index in [1.54, 1.807) is 13.0 Å². The summed E-state index contributed by atoms with van der Waals surface area (Å²) in [6.07, 6.45) is 0. The van der Waals surface area contributed by atoms with Crippen molar-refractivity contribution in [2.45, 2.75) is 13.5 Å². The number of rotatable bonds is 2. The number of halogens is 1. The van der Waals surface area contributed by atoms with Gasteiger partial charge in [0.05, 0.1) is 17.1 Å². The van der Waals surface area contributed by atoms with E-state index >= 15 is 0 Å². The second kappa shape index (κ2) is 3.85. The van der Waals surface area contributed by atoms with E-state index in [1.807, 2.05) is 0 Å². The van der Waals surface area contributed by atoms with Gasteiger partial charge in [0.15, 0.2) is 0 Å². The molecule has 0 amide bonds. The lowest BCUT2D eigenvalue weighted by atomic mass is 10.1. The van der Waals surface area contributed by atoms with Crippen molar-refractivity contribution in [3.05, 3.63) is 37.8 Å². The van der Waals surface area contributed by atoms with Crippen molar-refractivity contribution in [3.8, 4) is 0 Å². The molecular formula is C8H8BrNO3. The van der Waals surface area contributed by atoms with Crippen molar-refractivity contribution < 1.29 is 10.0 Å². The summed E-state index contributed by atoms with van der Waals surface area (Å²) in [7, 11) is 0. The minimum absolute atomic E-state index is 0.0469. The largest absolute Gasteiger partial charge is 0.391 e. The summed E-state index contributed by atoms with van der Waals surface area (Å²) in [4.78, 5) is 10.1. The van der Waals surface area contributed by atoms with Crippen molar-refractivity contribution >= 4 is 21.6 Å². The number of hydrogen-bond donors (Lipinski definition) is 1. The highest BCUT2D eigenvalue weighted by molar-refractivity contribution is 9.10. The molecule has 4 nitrogen and oxygen atoms in total. The Morgan fingerprint density at radius 1 is 1.62 bits per heavy atom. The van der Waals surface area contributed by atoms with Gasteiger partial charge in [-0.25, -0.2) is 0 Å². The van der Waals surface area contributed by atoms with Crippen LogP contribution in [0.1, 0.15) is 11.1 Å². The molecule has 1 aromatic rings. The Kier molecular flexibility index (Phi) is 3.00. The van der Waals surface area contributed by atoms with Gasteiger partial charge < -0.3 is 5.11 Å². The molecule has 0 aliphatic heterocycles. The van der Waals surface area contributed by atoms with Gasteiger partial charge in [0.25, 0.3) is 5.69 Å². The van der Waals surface area contributed by atoms with E-state index in [0.29, 0.717) is 15.6 Å². The summed E-state index contributed by atoms with van der Waals surface area (Å²) in [5.41, 5.74) is 1.03. The third-order valence-corrected chi connectivity index (χ3v) is 2.23. The number of aliphatic hydroxyl groups is 1. The summed E-state index contributed by atoms with van der Waals surface area (Å²) < 4.78 is 0.647. The molecular weight excluding hydrogens is 238 g/mol. The molecule has 0 saturated heterocycles. The Balaban J connectivity index is 3.38. The van der Waals surface area contributed by atoms with Crippen LogP contribution in [-0.2, 0) is 6.61 Å². The maximum absolute atomic E-state index is 10.6. The fourth-order valence-corrected chi connectivity index (χ4v) is 1.68. The van der Waals surface area contributed by atoms with Gasteiger partial charge in [-0.3, -0.25) is 10.1 Å². The molecule has 0 atom stereocenters. The van der Waals surface area contributed by atoms with Gasteiger partial charge in [-0.2, -0.15) is 0 Å². The smallest absolute Gasteiger partial charge is 0.276 e. The second-order valence-electron chi connectivity index (χ2n) is 2.64. The predicted molar refractivity (Wildman–Crippen MR) is 51.5 cm³/mol. The molecule has 0 aromatic heterocycles. The van der Waals surface area contributed by atoms with Crippen LogP contribution in [0.25, 0.3) is 0 Å². The maximum Gasteiger partial charge on any atom is 0.276 e. The number of aliphatic hydroxyl groups excluding tert-OH is 1. The third kappa shape index (κ3) is 2.05. The Morgan fingerprint density at radius 3 is 2.69 bits per heavy atom. The predicted octanol–water partition coefficient (Wildman–Crippen LogP) is 2.16. The van der Waals surface area contributed by atoms with Crippen molar-refractivity contribution in [1.29, 1.82) is 0 Å². The van der Waals surface area contributed by atoms with Gasteiger partial charge >= 0.3 is 0 Å². The first-order chi connectivity index (χ1) is 6.06. The van der Waals surface area contributed by atoms with E-state index in [2.05, 4.69) is 15.9 Å². The second-order valence-corrected chi connectivity index (χ2v) is 3.55. The van der Waals surface area contributed by atoms with E-state index in [9.17, 15) is 10.1 Å². The molecule has 0 radical (unpaired) electrons. The minimum Gasteiger partial charge on any atom is -0.391 e. The van der Waals surface area contributed by atoms with Crippen LogP contribution in [0.15, 0.2) is 16.6 Å².